The van der Waals surface area contributed by atoms with E-state index in [0.29, 0.717) is 6.20 Å². The van der Waals surface area contributed by atoms with Crippen molar-refractivity contribution in [2.24, 2.45) is 0 Å². The summed E-state index contributed by atoms with van der Waals surface area (Å²) in [7, 11) is 0. The highest BCUT2D eigenvalue weighted by atomic mass is 79.9. The van der Waals surface area contributed by atoms with Crippen LogP contribution in [-0.2, 0) is 11.5 Å². The average Bonchev–Trinajstić information content (AvgIpc) is 2.15. The summed E-state index contributed by atoms with van der Waals surface area (Å²) >= 11 is 2.84. The lowest BCUT2D eigenvalue weighted by Crippen LogP contribution is -2.12. The third-order valence-electron chi connectivity index (χ3n) is 1.74. The third kappa shape index (κ3) is 2.64. The van der Waals surface area contributed by atoms with Crippen molar-refractivity contribution >= 4 is 15.9 Å². The molecule has 0 aliphatic heterocycles. The summed E-state index contributed by atoms with van der Waals surface area (Å²) in [6.45, 7) is 0. The Kier molecular flexibility index (Phi) is 3.64. The number of hydrogen-bond acceptors (Lipinski definition) is 1. The second-order valence-corrected chi connectivity index (χ2v) is 3.25. The molecule has 1 rings (SSSR count). The minimum Gasteiger partial charge on any atom is -0.264 e. The van der Waals surface area contributed by atoms with Gasteiger partial charge in [-0.3, -0.25) is 4.98 Å². The fraction of sp³-hybridized carbons (Fsp3) is 0.375. The van der Waals surface area contributed by atoms with Gasteiger partial charge in [-0.2, -0.15) is 13.2 Å². The van der Waals surface area contributed by atoms with Crippen LogP contribution in [0.15, 0.2) is 12.4 Å². The van der Waals surface area contributed by atoms with Gasteiger partial charge >= 0.3 is 6.18 Å². The maximum Gasteiger partial charge on any atom is 0.418 e. The molecule has 0 spiro atoms. The van der Waals surface area contributed by atoms with E-state index in [0.717, 1.165) is 6.20 Å². The molecule has 0 N–H and O–H groups in total. The average molecular weight is 290 g/mol. The van der Waals surface area contributed by atoms with E-state index in [9.17, 15) is 22.0 Å². The maximum absolute atomic E-state index is 12.5. The molecule has 0 saturated heterocycles. The van der Waals surface area contributed by atoms with E-state index in [-0.39, 0.29) is 10.9 Å². The SMILES string of the molecule is FC(F)c1c(CBr)cncc1C(F)(F)F. The number of pyridine rings is 1. The Balaban J connectivity index is 3.39. The van der Waals surface area contributed by atoms with Gasteiger partial charge < -0.3 is 0 Å². The second kappa shape index (κ2) is 4.42. The highest BCUT2D eigenvalue weighted by Crippen LogP contribution is 2.37. The zero-order valence-corrected chi connectivity index (χ0v) is 8.74. The molecule has 0 atom stereocenters. The van der Waals surface area contributed by atoms with Crippen LogP contribution in [0.25, 0.3) is 0 Å². The highest BCUT2D eigenvalue weighted by Gasteiger charge is 2.37. The molecule has 0 radical (unpaired) electrons. The Morgan fingerprint density at radius 1 is 1.27 bits per heavy atom. The molecule has 0 amide bonds. The van der Waals surface area contributed by atoms with Gasteiger partial charge in [0.15, 0.2) is 0 Å². The second-order valence-electron chi connectivity index (χ2n) is 2.69. The third-order valence-corrected chi connectivity index (χ3v) is 2.34. The number of aromatic nitrogens is 1. The van der Waals surface area contributed by atoms with Crippen LogP contribution in [0.2, 0.25) is 0 Å². The van der Waals surface area contributed by atoms with Crippen molar-refractivity contribution in [3.63, 3.8) is 0 Å². The van der Waals surface area contributed by atoms with Crippen LogP contribution in [0.5, 0.6) is 0 Å². The standard InChI is InChI=1S/C8H5BrF5N/c9-1-4-2-15-3-5(8(12,13)14)6(4)7(10)11/h2-3,7H,1H2. The lowest BCUT2D eigenvalue weighted by molar-refractivity contribution is -0.139. The van der Waals surface area contributed by atoms with Crippen molar-refractivity contribution in [1.29, 1.82) is 0 Å². The van der Waals surface area contributed by atoms with Crippen LogP contribution >= 0.6 is 15.9 Å². The van der Waals surface area contributed by atoms with E-state index in [2.05, 4.69) is 20.9 Å². The molecular weight excluding hydrogens is 285 g/mol. The fourth-order valence-electron chi connectivity index (χ4n) is 1.10. The number of hydrogen-bond donors (Lipinski definition) is 0. The van der Waals surface area contributed by atoms with Crippen molar-refractivity contribution in [3.05, 3.63) is 29.1 Å². The Morgan fingerprint density at radius 3 is 2.27 bits per heavy atom. The normalized spacial score (nSPS) is 12.2. The van der Waals surface area contributed by atoms with Crippen LogP contribution in [0.4, 0.5) is 22.0 Å². The van der Waals surface area contributed by atoms with Gasteiger partial charge in [0, 0.05) is 23.3 Å². The molecule has 0 aliphatic rings. The maximum atomic E-state index is 12.5. The largest absolute Gasteiger partial charge is 0.418 e. The van der Waals surface area contributed by atoms with Crippen LogP contribution in [0, 0.1) is 0 Å². The van der Waals surface area contributed by atoms with Crippen LogP contribution in [-0.4, -0.2) is 4.98 Å². The van der Waals surface area contributed by atoms with Gasteiger partial charge in [-0.25, -0.2) is 8.78 Å². The minimum absolute atomic E-state index is 0.0937. The Hall–Kier alpha value is -0.720. The van der Waals surface area contributed by atoms with Crippen molar-refractivity contribution in [2.45, 2.75) is 17.9 Å². The van der Waals surface area contributed by atoms with Gasteiger partial charge in [0.2, 0.25) is 0 Å². The first kappa shape index (κ1) is 12.4. The summed E-state index contributed by atoms with van der Waals surface area (Å²) in [5.74, 6) is 0. The van der Waals surface area contributed by atoms with E-state index in [1.807, 2.05) is 0 Å². The molecule has 0 unspecified atom stereocenters. The molecule has 0 saturated carbocycles. The molecule has 1 aromatic heterocycles. The Labute approximate surface area is 90.4 Å². The van der Waals surface area contributed by atoms with Crippen LogP contribution < -0.4 is 0 Å². The number of nitrogens with zero attached hydrogens (tertiary/aromatic N) is 1. The fourth-order valence-corrected chi connectivity index (χ4v) is 1.55. The molecule has 1 heterocycles. The predicted octanol–water partition coefficient (Wildman–Crippen LogP) is 3.93. The molecular formula is C8H5BrF5N. The van der Waals surface area contributed by atoms with E-state index < -0.39 is 23.7 Å². The van der Waals surface area contributed by atoms with Crippen molar-refractivity contribution in [2.75, 3.05) is 0 Å². The van der Waals surface area contributed by atoms with Gasteiger partial charge in [0.1, 0.15) is 0 Å². The lowest BCUT2D eigenvalue weighted by atomic mass is 10.1. The van der Waals surface area contributed by atoms with Gasteiger partial charge in [0.25, 0.3) is 6.43 Å². The molecule has 0 aliphatic carbocycles. The summed E-state index contributed by atoms with van der Waals surface area (Å²) in [5.41, 5.74) is -2.54. The van der Waals surface area contributed by atoms with Gasteiger partial charge in [-0.05, 0) is 5.56 Å². The molecule has 15 heavy (non-hydrogen) atoms. The Bertz CT molecular complexity index is 349. The number of rotatable bonds is 2. The molecule has 0 aromatic carbocycles. The molecule has 1 nitrogen and oxygen atoms in total. The monoisotopic (exact) mass is 289 g/mol. The Morgan fingerprint density at radius 2 is 1.87 bits per heavy atom. The molecule has 7 heteroatoms. The van der Waals surface area contributed by atoms with E-state index in [4.69, 9.17) is 0 Å². The van der Waals surface area contributed by atoms with Crippen LogP contribution in [0.1, 0.15) is 23.1 Å². The summed E-state index contributed by atoms with van der Waals surface area (Å²) < 4.78 is 61.9. The van der Waals surface area contributed by atoms with Crippen LogP contribution in [0.3, 0.4) is 0 Å². The van der Waals surface area contributed by atoms with Gasteiger partial charge in [-0.15, -0.1) is 0 Å². The summed E-state index contributed by atoms with van der Waals surface area (Å²) in [6, 6.07) is 0. The van der Waals surface area contributed by atoms with E-state index in [1.54, 1.807) is 0 Å². The van der Waals surface area contributed by atoms with Gasteiger partial charge in [0.05, 0.1) is 5.56 Å². The van der Waals surface area contributed by atoms with Crippen molar-refractivity contribution < 1.29 is 22.0 Å². The zero-order chi connectivity index (χ0) is 11.6. The van der Waals surface area contributed by atoms with Gasteiger partial charge in [-0.1, -0.05) is 15.9 Å². The first-order valence-corrected chi connectivity index (χ1v) is 4.88. The predicted molar refractivity (Wildman–Crippen MR) is 46.8 cm³/mol. The molecule has 0 bridgehead atoms. The summed E-state index contributed by atoms with van der Waals surface area (Å²) in [5, 5.41) is -0.0937. The molecule has 1 aromatic rings. The zero-order valence-electron chi connectivity index (χ0n) is 7.15. The highest BCUT2D eigenvalue weighted by molar-refractivity contribution is 9.08. The van der Waals surface area contributed by atoms with E-state index >= 15 is 0 Å². The number of halogens is 6. The molecule has 0 fully saturated rings. The molecule has 84 valence electrons. The lowest BCUT2D eigenvalue weighted by Gasteiger charge is -2.14. The minimum atomic E-state index is -4.81. The number of alkyl halides is 6. The quantitative estimate of drug-likeness (QED) is 0.594. The smallest absolute Gasteiger partial charge is 0.264 e. The first-order valence-electron chi connectivity index (χ1n) is 3.76. The van der Waals surface area contributed by atoms with Crippen molar-refractivity contribution in [1.82, 2.24) is 4.98 Å². The van der Waals surface area contributed by atoms with E-state index in [1.165, 1.54) is 0 Å². The summed E-state index contributed by atoms with van der Waals surface area (Å²) in [4.78, 5) is 3.28. The first-order chi connectivity index (χ1) is 6.88. The topological polar surface area (TPSA) is 12.9 Å². The summed E-state index contributed by atoms with van der Waals surface area (Å²) in [6.07, 6.45) is -6.58. The van der Waals surface area contributed by atoms with Crippen molar-refractivity contribution in [3.8, 4) is 0 Å².